The van der Waals surface area contributed by atoms with E-state index in [0.717, 1.165) is 12.8 Å². The van der Waals surface area contributed by atoms with Crippen molar-refractivity contribution in [3.05, 3.63) is 0 Å². The molecule has 1 amide bonds. The van der Waals surface area contributed by atoms with Crippen molar-refractivity contribution >= 4 is 11.9 Å². The number of aliphatic carboxylic acids is 1. The van der Waals surface area contributed by atoms with E-state index in [2.05, 4.69) is 5.32 Å². The molecule has 0 bridgehead atoms. The van der Waals surface area contributed by atoms with E-state index in [1.165, 1.54) is 0 Å². The first-order valence-corrected chi connectivity index (χ1v) is 5.18. The molecular formula is C10H20N2O3. The maximum atomic E-state index is 11.3. The quantitative estimate of drug-likeness (QED) is 0.577. The summed E-state index contributed by atoms with van der Waals surface area (Å²) in [6, 6.07) is -0.209. The van der Waals surface area contributed by atoms with E-state index in [4.69, 9.17) is 10.8 Å². The summed E-state index contributed by atoms with van der Waals surface area (Å²) in [6.45, 7) is 3.57. The van der Waals surface area contributed by atoms with Gasteiger partial charge in [-0.05, 0) is 26.7 Å². The summed E-state index contributed by atoms with van der Waals surface area (Å²) in [5.74, 6) is -1.01. The molecular weight excluding hydrogens is 196 g/mol. The van der Waals surface area contributed by atoms with Crippen LogP contribution in [-0.2, 0) is 9.59 Å². The number of carbonyl (C=O) groups is 2. The fourth-order valence-corrected chi connectivity index (χ4v) is 1.24. The smallest absolute Gasteiger partial charge is 0.305 e. The average Bonchev–Trinajstić information content (AvgIpc) is 2.00. The molecule has 4 N–H and O–H groups in total. The maximum absolute atomic E-state index is 11.3. The van der Waals surface area contributed by atoms with E-state index in [1.54, 1.807) is 6.92 Å². The van der Waals surface area contributed by atoms with E-state index < -0.39 is 5.97 Å². The molecule has 2 unspecified atom stereocenters. The van der Waals surface area contributed by atoms with E-state index in [0.29, 0.717) is 6.42 Å². The molecule has 88 valence electrons. The number of nitrogens with one attached hydrogen (secondary N) is 1. The van der Waals surface area contributed by atoms with Gasteiger partial charge >= 0.3 is 5.97 Å². The lowest BCUT2D eigenvalue weighted by molar-refractivity contribution is -0.137. The summed E-state index contributed by atoms with van der Waals surface area (Å²) in [7, 11) is 0. The second-order valence-electron chi connectivity index (χ2n) is 3.94. The Morgan fingerprint density at radius 1 is 1.40 bits per heavy atom. The number of rotatable bonds is 7. The van der Waals surface area contributed by atoms with Crippen LogP contribution >= 0.6 is 0 Å². The summed E-state index contributed by atoms with van der Waals surface area (Å²) in [5, 5.41) is 11.1. The van der Waals surface area contributed by atoms with Crippen LogP contribution in [-0.4, -0.2) is 29.1 Å². The van der Waals surface area contributed by atoms with Crippen LogP contribution in [0.5, 0.6) is 0 Å². The van der Waals surface area contributed by atoms with Gasteiger partial charge < -0.3 is 16.2 Å². The van der Waals surface area contributed by atoms with Crippen LogP contribution in [0.4, 0.5) is 0 Å². The molecule has 2 atom stereocenters. The summed E-state index contributed by atoms with van der Waals surface area (Å²) in [5.41, 5.74) is 5.54. The third-order valence-electron chi connectivity index (χ3n) is 1.95. The number of amides is 1. The maximum Gasteiger partial charge on any atom is 0.305 e. The number of hydrogen-bond acceptors (Lipinski definition) is 3. The second-order valence-corrected chi connectivity index (χ2v) is 3.94. The fourth-order valence-electron chi connectivity index (χ4n) is 1.24. The zero-order valence-corrected chi connectivity index (χ0v) is 9.32. The Hall–Kier alpha value is -1.10. The van der Waals surface area contributed by atoms with Gasteiger partial charge in [-0.3, -0.25) is 9.59 Å². The second kappa shape index (κ2) is 7.23. The van der Waals surface area contributed by atoms with Crippen LogP contribution in [0.3, 0.4) is 0 Å². The first-order chi connectivity index (χ1) is 6.91. The predicted molar refractivity (Wildman–Crippen MR) is 57.4 cm³/mol. The summed E-state index contributed by atoms with van der Waals surface area (Å²) >= 11 is 0. The highest BCUT2D eigenvalue weighted by atomic mass is 16.4. The monoisotopic (exact) mass is 216 g/mol. The van der Waals surface area contributed by atoms with Crippen molar-refractivity contribution < 1.29 is 14.7 Å². The van der Waals surface area contributed by atoms with Crippen molar-refractivity contribution in [3.63, 3.8) is 0 Å². The van der Waals surface area contributed by atoms with Crippen molar-refractivity contribution in [2.75, 3.05) is 0 Å². The van der Waals surface area contributed by atoms with Crippen LogP contribution in [0.1, 0.15) is 39.5 Å². The van der Waals surface area contributed by atoms with E-state index in [1.807, 2.05) is 6.92 Å². The number of hydrogen-bond donors (Lipinski definition) is 3. The number of carbonyl (C=O) groups excluding carboxylic acids is 1. The zero-order valence-electron chi connectivity index (χ0n) is 9.32. The zero-order chi connectivity index (χ0) is 11.8. The first kappa shape index (κ1) is 13.9. The van der Waals surface area contributed by atoms with Gasteiger partial charge in [-0.1, -0.05) is 0 Å². The highest BCUT2D eigenvalue weighted by Gasteiger charge is 2.10. The minimum absolute atomic E-state index is 0.0426. The molecule has 15 heavy (non-hydrogen) atoms. The Morgan fingerprint density at radius 3 is 2.47 bits per heavy atom. The highest BCUT2D eigenvalue weighted by Crippen LogP contribution is 1.99. The third kappa shape index (κ3) is 9.21. The minimum atomic E-state index is -0.904. The Bertz CT molecular complexity index is 217. The molecule has 5 nitrogen and oxygen atoms in total. The van der Waals surface area contributed by atoms with Crippen LogP contribution in [0, 0.1) is 0 Å². The third-order valence-corrected chi connectivity index (χ3v) is 1.95. The molecule has 0 saturated heterocycles. The summed E-state index contributed by atoms with van der Waals surface area (Å²) < 4.78 is 0. The van der Waals surface area contributed by atoms with Gasteiger partial charge in [-0.25, -0.2) is 0 Å². The highest BCUT2D eigenvalue weighted by molar-refractivity contribution is 5.77. The van der Waals surface area contributed by atoms with Crippen LogP contribution in [0.25, 0.3) is 0 Å². The molecule has 0 saturated carbocycles. The van der Waals surface area contributed by atoms with Gasteiger partial charge in [0.1, 0.15) is 0 Å². The lowest BCUT2D eigenvalue weighted by Gasteiger charge is -2.11. The SMILES string of the molecule is CC(N)CCCC(=O)NC(C)CC(=O)O. The predicted octanol–water partition coefficient (Wildman–Crippen LogP) is 0.483. The molecule has 0 fully saturated rings. The minimum Gasteiger partial charge on any atom is -0.481 e. The topological polar surface area (TPSA) is 92.4 Å². The van der Waals surface area contributed by atoms with Crippen molar-refractivity contribution in [3.8, 4) is 0 Å². The Balaban J connectivity index is 3.60. The normalized spacial score (nSPS) is 14.3. The molecule has 0 aromatic rings. The summed E-state index contributed by atoms with van der Waals surface area (Å²) in [6.07, 6.45) is 1.91. The molecule has 0 aliphatic heterocycles. The Kier molecular flexibility index (Phi) is 6.70. The molecule has 0 spiro atoms. The van der Waals surface area contributed by atoms with E-state index in [-0.39, 0.29) is 24.4 Å². The van der Waals surface area contributed by atoms with Crippen molar-refractivity contribution in [2.45, 2.75) is 51.6 Å². The van der Waals surface area contributed by atoms with E-state index >= 15 is 0 Å². The molecule has 0 radical (unpaired) electrons. The van der Waals surface area contributed by atoms with Crippen LogP contribution in [0.2, 0.25) is 0 Å². The van der Waals surface area contributed by atoms with Gasteiger partial charge in [0, 0.05) is 18.5 Å². The largest absolute Gasteiger partial charge is 0.481 e. The molecule has 0 aliphatic rings. The average molecular weight is 216 g/mol. The fraction of sp³-hybridized carbons (Fsp3) is 0.800. The van der Waals surface area contributed by atoms with Gasteiger partial charge in [-0.15, -0.1) is 0 Å². The standard InChI is InChI=1S/C10H20N2O3/c1-7(11)4-3-5-9(13)12-8(2)6-10(14)15/h7-8H,3-6,11H2,1-2H3,(H,12,13)(H,14,15). The van der Waals surface area contributed by atoms with Gasteiger partial charge in [0.15, 0.2) is 0 Å². The van der Waals surface area contributed by atoms with Crippen LogP contribution < -0.4 is 11.1 Å². The molecule has 0 aliphatic carbocycles. The van der Waals surface area contributed by atoms with Crippen LogP contribution in [0.15, 0.2) is 0 Å². The summed E-state index contributed by atoms with van der Waals surface area (Å²) in [4.78, 5) is 21.6. The molecule has 5 heteroatoms. The molecule has 0 heterocycles. The van der Waals surface area contributed by atoms with Gasteiger partial charge in [0.2, 0.25) is 5.91 Å². The van der Waals surface area contributed by atoms with Gasteiger partial charge in [0.05, 0.1) is 6.42 Å². The number of carboxylic acid groups (broad SMARTS) is 1. The Morgan fingerprint density at radius 2 is 2.00 bits per heavy atom. The first-order valence-electron chi connectivity index (χ1n) is 5.18. The van der Waals surface area contributed by atoms with Crippen molar-refractivity contribution in [2.24, 2.45) is 5.73 Å². The van der Waals surface area contributed by atoms with E-state index in [9.17, 15) is 9.59 Å². The lowest BCUT2D eigenvalue weighted by Crippen LogP contribution is -2.34. The number of nitrogens with two attached hydrogens (primary N) is 1. The Labute approximate surface area is 90.0 Å². The van der Waals surface area contributed by atoms with Gasteiger partial charge in [0.25, 0.3) is 0 Å². The van der Waals surface area contributed by atoms with Gasteiger partial charge in [-0.2, -0.15) is 0 Å². The van der Waals surface area contributed by atoms with Crippen molar-refractivity contribution in [1.29, 1.82) is 0 Å². The lowest BCUT2D eigenvalue weighted by atomic mass is 10.1. The molecule has 0 rings (SSSR count). The van der Waals surface area contributed by atoms with Crippen molar-refractivity contribution in [1.82, 2.24) is 5.32 Å². The number of carboxylic acids is 1. The molecule has 0 aromatic carbocycles. The molecule has 0 aromatic heterocycles.